The van der Waals surface area contributed by atoms with Gasteiger partial charge >= 0.3 is 0 Å². The molecular weight excluding hydrogens is 204 g/mol. The zero-order chi connectivity index (χ0) is 10.8. The molecule has 0 fully saturated rings. The summed E-state index contributed by atoms with van der Waals surface area (Å²) in [5.74, 6) is 0.281. The minimum absolute atomic E-state index is 0.207. The van der Waals surface area contributed by atoms with Crippen LogP contribution in [0, 0.1) is 11.7 Å². The van der Waals surface area contributed by atoms with Crippen molar-refractivity contribution < 1.29 is 5.11 Å². The summed E-state index contributed by atoms with van der Waals surface area (Å²) in [5.41, 5.74) is 0. The van der Waals surface area contributed by atoms with Crippen LogP contribution in [0.5, 0.6) is 5.75 Å². The molecule has 0 heterocycles. The number of hydrogen-bond acceptors (Lipinski definition) is 1. The molecular formula is C13H11OS+. The van der Waals surface area contributed by atoms with E-state index in [0.717, 1.165) is 15.7 Å². The fraction of sp³-hybridized carbons (Fsp3) is 0.0769. The van der Waals surface area contributed by atoms with Gasteiger partial charge in [0.2, 0.25) is 0 Å². The summed E-state index contributed by atoms with van der Waals surface area (Å²) in [4.78, 5) is 1.12. The summed E-state index contributed by atoms with van der Waals surface area (Å²) in [6.45, 7) is 0. The second-order valence-corrected chi connectivity index (χ2v) is 4.99. The lowest BCUT2D eigenvalue weighted by Crippen LogP contribution is -1.95. The second-order valence-electron chi connectivity index (χ2n) is 3.29. The molecule has 2 heteroatoms. The highest BCUT2D eigenvalue weighted by Gasteiger charge is 2.16. The lowest BCUT2D eigenvalue weighted by atomic mass is 10.1. The van der Waals surface area contributed by atoms with Gasteiger partial charge in [-0.2, -0.15) is 0 Å². The quantitative estimate of drug-likeness (QED) is 0.573. The van der Waals surface area contributed by atoms with Gasteiger partial charge in [-0.15, -0.1) is 0 Å². The summed E-state index contributed by atoms with van der Waals surface area (Å²) < 4.78 is 0. The lowest BCUT2D eigenvalue weighted by Gasteiger charge is -2.01. The van der Waals surface area contributed by atoms with Gasteiger partial charge in [-0.1, -0.05) is 24.6 Å². The molecule has 0 aromatic heterocycles. The highest BCUT2D eigenvalue weighted by Crippen LogP contribution is 2.26. The summed E-state index contributed by atoms with van der Waals surface area (Å²) in [6.07, 6.45) is 7.45. The second kappa shape index (κ2) is 3.88. The molecule has 1 N–H and O–H groups in total. The Morgan fingerprint density at radius 1 is 1.27 bits per heavy atom. The van der Waals surface area contributed by atoms with E-state index in [9.17, 15) is 5.11 Å². The van der Waals surface area contributed by atoms with Crippen molar-refractivity contribution in [3.05, 3.63) is 36.4 Å². The van der Waals surface area contributed by atoms with Crippen molar-refractivity contribution in [3.8, 4) is 17.4 Å². The number of benzene rings is 2. The van der Waals surface area contributed by atoms with E-state index in [4.69, 9.17) is 6.42 Å². The molecule has 2 aromatic rings. The van der Waals surface area contributed by atoms with E-state index < -0.39 is 0 Å². The first-order valence-corrected chi connectivity index (χ1v) is 6.19. The number of aromatic hydroxyl groups is 1. The van der Waals surface area contributed by atoms with Gasteiger partial charge in [0.15, 0.2) is 10.1 Å². The van der Waals surface area contributed by atoms with Crippen LogP contribution in [0.1, 0.15) is 0 Å². The van der Waals surface area contributed by atoms with Gasteiger partial charge in [0, 0.05) is 5.39 Å². The Balaban J connectivity index is 2.75. The standard InChI is InChI=1S/C13H10OS/c1-3-15(2)13-6-4-5-10-7-8-11(14)9-12(10)13/h1,4-9H,2H3/p+1. The average Bonchev–Trinajstić information content (AvgIpc) is 2.27. The van der Waals surface area contributed by atoms with Crippen LogP contribution in [0.25, 0.3) is 10.8 Å². The fourth-order valence-electron chi connectivity index (χ4n) is 1.56. The van der Waals surface area contributed by atoms with E-state index in [1.54, 1.807) is 12.1 Å². The van der Waals surface area contributed by atoms with Crippen molar-refractivity contribution in [1.29, 1.82) is 0 Å². The molecule has 1 unspecified atom stereocenters. The molecule has 0 bridgehead atoms. The van der Waals surface area contributed by atoms with Crippen LogP contribution in [-0.4, -0.2) is 11.4 Å². The molecule has 0 spiro atoms. The number of rotatable bonds is 1. The molecule has 0 aliphatic rings. The third-order valence-corrected chi connectivity index (χ3v) is 3.70. The number of terminal acetylenes is 1. The monoisotopic (exact) mass is 215 g/mol. The lowest BCUT2D eigenvalue weighted by molar-refractivity contribution is 0.476. The molecule has 0 aliphatic heterocycles. The largest absolute Gasteiger partial charge is 0.508 e. The summed E-state index contributed by atoms with van der Waals surface area (Å²) in [7, 11) is -0.207. The van der Waals surface area contributed by atoms with Crippen molar-refractivity contribution in [2.45, 2.75) is 4.90 Å². The minimum atomic E-state index is -0.207. The van der Waals surface area contributed by atoms with E-state index in [-0.39, 0.29) is 16.6 Å². The predicted molar refractivity (Wildman–Crippen MR) is 66.0 cm³/mol. The molecule has 1 atom stereocenters. The third kappa shape index (κ3) is 1.79. The maximum atomic E-state index is 9.46. The number of hydrogen-bond donors (Lipinski definition) is 1. The Hall–Kier alpha value is -1.59. The van der Waals surface area contributed by atoms with Crippen molar-refractivity contribution in [2.75, 3.05) is 6.26 Å². The molecule has 0 saturated carbocycles. The van der Waals surface area contributed by atoms with E-state index in [1.165, 1.54) is 0 Å². The first-order chi connectivity index (χ1) is 7.22. The van der Waals surface area contributed by atoms with Gasteiger partial charge in [0.1, 0.15) is 22.9 Å². The van der Waals surface area contributed by atoms with Crippen molar-refractivity contribution >= 4 is 21.7 Å². The predicted octanol–water partition coefficient (Wildman–Crippen LogP) is 2.74. The van der Waals surface area contributed by atoms with E-state index >= 15 is 0 Å². The highest BCUT2D eigenvalue weighted by molar-refractivity contribution is 8.00. The van der Waals surface area contributed by atoms with Gasteiger partial charge in [-0.3, -0.25) is 0 Å². The van der Waals surface area contributed by atoms with Gasteiger partial charge in [0.05, 0.1) is 0 Å². The molecule has 2 rings (SSSR count). The van der Waals surface area contributed by atoms with Crippen LogP contribution in [-0.2, 0) is 10.9 Å². The van der Waals surface area contributed by atoms with E-state index in [1.807, 2.05) is 30.5 Å². The zero-order valence-electron chi connectivity index (χ0n) is 8.40. The normalized spacial score (nSPS) is 12.3. The molecule has 15 heavy (non-hydrogen) atoms. The minimum Gasteiger partial charge on any atom is -0.508 e. The number of phenolic OH excluding ortho intramolecular Hbond substituents is 1. The van der Waals surface area contributed by atoms with Crippen LogP contribution in [0.2, 0.25) is 0 Å². The summed E-state index contributed by atoms with van der Waals surface area (Å²) in [6, 6.07) is 11.4. The van der Waals surface area contributed by atoms with Gasteiger partial charge in [-0.05, 0) is 23.6 Å². The zero-order valence-corrected chi connectivity index (χ0v) is 9.21. The van der Waals surface area contributed by atoms with E-state index in [0.29, 0.717) is 0 Å². The fourth-order valence-corrected chi connectivity index (χ4v) is 2.48. The molecule has 74 valence electrons. The third-order valence-electron chi connectivity index (χ3n) is 2.33. The summed E-state index contributed by atoms with van der Waals surface area (Å²) >= 11 is 0. The average molecular weight is 215 g/mol. The van der Waals surface area contributed by atoms with Gasteiger partial charge in [0.25, 0.3) is 0 Å². The molecule has 1 nitrogen and oxygen atoms in total. The number of phenols is 1. The Kier molecular flexibility index (Phi) is 2.57. The van der Waals surface area contributed by atoms with Crippen molar-refractivity contribution in [2.24, 2.45) is 0 Å². The Morgan fingerprint density at radius 3 is 2.80 bits per heavy atom. The molecule has 0 aliphatic carbocycles. The molecule has 2 aromatic carbocycles. The number of fused-ring (bicyclic) bond motifs is 1. The van der Waals surface area contributed by atoms with Crippen LogP contribution >= 0.6 is 0 Å². The first-order valence-electron chi connectivity index (χ1n) is 4.56. The van der Waals surface area contributed by atoms with Crippen LogP contribution in [0.4, 0.5) is 0 Å². The SMILES string of the molecule is C#C[S+](C)c1cccc2ccc(O)cc12. The summed E-state index contributed by atoms with van der Waals surface area (Å²) in [5, 5.41) is 14.4. The van der Waals surface area contributed by atoms with Crippen LogP contribution < -0.4 is 0 Å². The Labute approximate surface area is 92.1 Å². The van der Waals surface area contributed by atoms with Gasteiger partial charge in [-0.25, -0.2) is 0 Å². The first kappa shape index (κ1) is 9.95. The van der Waals surface area contributed by atoms with Crippen LogP contribution in [0.15, 0.2) is 41.3 Å². The highest BCUT2D eigenvalue weighted by atomic mass is 32.2. The molecule has 0 amide bonds. The smallest absolute Gasteiger partial charge is 0.177 e. The Bertz CT molecular complexity index is 540. The van der Waals surface area contributed by atoms with Crippen molar-refractivity contribution in [1.82, 2.24) is 0 Å². The Morgan fingerprint density at radius 2 is 2.07 bits per heavy atom. The topological polar surface area (TPSA) is 20.2 Å². The molecule has 0 radical (unpaired) electrons. The van der Waals surface area contributed by atoms with E-state index in [2.05, 4.69) is 5.25 Å². The maximum Gasteiger partial charge on any atom is 0.177 e. The van der Waals surface area contributed by atoms with Gasteiger partial charge < -0.3 is 5.11 Å². The van der Waals surface area contributed by atoms with Crippen LogP contribution in [0.3, 0.4) is 0 Å². The maximum absolute atomic E-state index is 9.46. The van der Waals surface area contributed by atoms with Crippen molar-refractivity contribution in [3.63, 3.8) is 0 Å². The molecule has 0 saturated heterocycles.